The fraction of sp³-hybridized carbons (Fsp3) is 0.231. The second-order valence-corrected chi connectivity index (χ2v) is 4.88. The lowest BCUT2D eigenvalue weighted by Gasteiger charge is -2.26. The summed E-state index contributed by atoms with van der Waals surface area (Å²) in [4.78, 5) is 24.7. The Morgan fingerprint density at radius 2 is 2.00 bits per heavy atom. The standard InChI is InChI=1S/C13H12BrNO3/c14-11-6-2-1-5-10(11)12(16)15-7-3-4-9(8-15)13(17)18/h1-2,4-6H,3,7-8H2,(H,17,18). The van der Waals surface area contributed by atoms with E-state index < -0.39 is 5.97 Å². The third-order valence-electron chi connectivity index (χ3n) is 2.82. The average molecular weight is 310 g/mol. The Morgan fingerprint density at radius 1 is 1.28 bits per heavy atom. The molecule has 0 saturated carbocycles. The van der Waals surface area contributed by atoms with Gasteiger partial charge in [0, 0.05) is 11.0 Å². The summed E-state index contributed by atoms with van der Waals surface area (Å²) in [5.74, 6) is -1.10. The smallest absolute Gasteiger partial charge is 0.333 e. The molecule has 0 atom stereocenters. The minimum atomic E-state index is -0.959. The van der Waals surface area contributed by atoms with Gasteiger partial charge in [0.15, 0.2) is 0 Å². The average Bonchev–Trinajstić information content (AvgIpc) is 2.38. The van der Waals surface area contributed by atoms with Crippen LogP contribution in [0, 0.1) is 0 Å². The first kappa shape index (κ1) is 12.8. The van der Waals surface area contributed by atoms with Crippen LogP contribution in [-0.4, -0.2) is 35.0 Å². The van der Waals surface area contributed by atoms with Gasteiger partial charge in [-0.05, 0) is 34.5 Å². The van der Waals surface area contributed by atoms with E-state index in [0.29, 0.717) is 18.5 Å². The monoisotopic (exact) mass is 309 g/mol. The summed E-state index contributed by atoms with van der Waals surface area (Å²) >= 11 is 3.33. The second kappa shape index (κ2) is 5.35. The highest BCUT2D eigenvalue weighted by Gasteiger charge is 2.23. The SMILES string of the molecule is O=C(O)C1=CCCN(C(=O)c2ccccc2Br)C1. The Bertz CT molecular complexity index is 525. The molecule has 0 radical (unpaired) electrons. The summed E-state index contributed by atoms with van der Waals surface area (Å²) in [6.45, 7) is 0.715. The topological polar surface area (TPSA) is 57.6 Å². The van der Waals surface area contributed by atoms with Crippen LogP contribution < -0.4 is 0 Å². The molecule has 0 unspecified atom stereocenters. The van der Waals surface area contributed by atoms with Gasteiger partial charge in [-0.2, -0.15) is 0 Å². The molecule has 18 heavy (non-hydrogen) atoms. The van der Waals surface area contributed by atoms with Crippen LogP contribution in [0.4, 0.5) is 0 Å². The van der Waals surface area contributed by atoms with Crippen LogP contribution in [-0.2, 0) is 4.79 Å². The van der Waals surface area contributed by atoms with E-state index in [2.05, 4.69) is 15.9 Å². The summed E-state index contributed by atoms with van der Waals surface area (Å²) in [6, 6.07) is 7.14. The zero-order chi connectivity index (χ0) is 13.1. The number of hydrogen-bond donors (Lipinski definition) is 1. The predicted molar refractivity (Wildman–Crippen MR) is 70.4 cm³/mol. The van der Waals surface area contributed by atoms with Gasteiger partial charge < -0.3 is 10.0 Å². The van der Waals surface area contributed by atoms with Gasteiger partial charge in [-0.15, -0.1) is 0 Å². The number of carboxylic acid groups (broad SMARTS) is 1. The van der Waals surface area contributed by atoms with E-state index >= 15 is 0 Å². The van der Waals surface area contributed by atoms with Crippen molar-refractivity contribution in [3.8, 4) is 0 Å². The highest BCUT2D eigenvalue weighted by atomic mass is 79.9. The van der Waals surface area contributed by atoms with Crippen LogP contribution in [0.15, 0.2) is 40.4 Å². The number of amides is 1. The van der Waals surface area contributed by atoms with Gasteiger partial charge in [-0.1, -0.05) is 18.2 Å². The number of benzene rings is 1. The summed E-state index contributed by atoms with van der Waals surface area (Å²) in [5, 5.41) is 8.95. The minimum Gasteiger partial charge on any atom is -0.478 e. The molecule has 0 bridgehead atoms. The van der Waals surface area contributed by atoms with Crippen molar-refractivity contribution < 1.29 is 14.7 Å². The number of hydrogen-bond acceptors (Lipinski definition) is 2. The van der Waals surface area contributed by atoms with Crippen molar-refractivity contribution in [2.45, 2.75) is 6.42 Å². The third-order valence-corrected chi connectivity index (χ3v) is 3.51. The van der Waals surface area contributed by atoms with E-state index in [4.69, 9.17) is 5.11 Å². The van der Waals surface area contributed by atoms with Gasteiger partial charge in [-0.3, -0.25) is 4.79 Å². The zero-order valence-corrected chi connectivity index (χ0v) is 11.2. The molecule has 0 saturated heterocycles. The number of halogens is 1. The molecule has 0 spiro atoms. The molecular formula is C13H12BrNO3. The molecule has 1 amide bonds. The number of carbonyl (C=O) groups excluding carboxylic acids is 1. The van der Waals surface area contributed by atoms with Gasteiger partial charge in [0.25, 0.3) is 5.91 Å². The third kappa shape index (κ3) is 2.61. The summed E-state index contributed by atoms with van der Waals surface area (Å²) in [5.41, 5.74) is 0.839. The number of nitrogens with zero attached hydrogens (tertiary/aromatic N) is 1. The van der Waals surface area contributed by atoms with Gasteiger partial charge in [0.05, 0.1) is 17.7 Å². The van der Waals surface area contributed by atoms with Crippen LogP contribution in [0.1, 0.15) is 16.8 Å². The molecule has 94 valence electrons. The Kier molecular flexibility index (Phi) is 3.81. The van der Waals surface area contributed by atoms with Crippen molar-refractivity contribution in [2.75, 3.05) is 13.1 Å². The van der Waals surface area contributed by atoms with Crippen LogP contribution in [0.5, 0.6) is 0 Å². The maximum absolute atomic E-state index is 12.3. The van der Waals surface area contributed by atoms with E-state index in [1.165, 1.54) is 0 Å². The van der Waals surface area contributed by atoms with Crippen LogP contribution in [0.3, 0.4) is 0 Å². The van der Waals surface area contributed by atoms with Crippen LogP contribution in [0.2, 0.25) is 0 Å². The van der Waals surface area contributed by atoms with E-state index in [9.17, 15) is 9.59 Å². The van der Waals surface area contributed by atoms with Crippen molar-refractivity contribution in [3.05, 3.63) is 46.0 Å². The van der Waals surface area contributed by atoms with Crippen LogP contribution in [0.25, 0.3) is 0 Å². The molecule has 0 fully saturated rings. The second-order valence-electron chi connectivity index (χ2n) is 4.03. The summed E-state index contributed by atoms with van der Waals surface area (Å²) in [7, 11) is 0. The first-order chi connectivity index (χ1) is 8.59. The maximum atomic E-state index is 12.3. The molecule has 4 nitrogen and oxygen atoms in total. The lowest BCUT2D eigenvalue weighted by Crippen LogP contribution is -2.37. The van der Waals surface area contributed by atoms with Crippen molar-refractivity contribution >= 4 is 27.8 Å². The lowest BCUT2D eigenvalue weighted by atomic mass is 10.1. The predicted octanol–water partition coefficient (Wildman–Crippen LogP) is 2.31. The highest BCUT2D eigenvalue weighted by molar-refractivity contribution is 9.10. The molecule has 5 heteroatoms. The molecule has 1 aromatic rings. The molecule has 2 rings (SSSR count). The van der Waals surface area contributed by atoms with Crippen molar-refractivity contribution in [3.63, 3.8) is 0 Å². The molecule has 1 heterocycles. The Labute approximate surface area is 113 Å². The molecule has 0 aromatic heterocycles. The molecule has 1 aliphatic heterocycles. The van der Waals surface area contributed by atoms with E-state index in [0.717, 1.165) is 4.47 Å². The largest absolute Gasteiger partial charge is 0.478 e. The number of carbonyl (C=O) groups is 2. The normalized spacial score (nSPS) is 15.2. The highest BCUT2D eigenvalue weighted by Crippen LogP contribution is 2.20. The minimum absolute atomic E-state index is 0.144. The molecule has 1 aliphatic rings. The zero-order valence-electron chi connectivity index (χ0n) is 9.60. The Balaban J connectivity index is 2.19. The number of carboxylic acids is 1. The quantitative estimate of drug-likeness (QED) is 0.912. The first-order valence-electron chi connectivity index (χ1n) is 5.55. The van der Waals surface area contributed by atoms with Gasteiger partial charge >= 0.3 is 5.97 Å². The van der Waals surface area contributed by atoms with Crippen molar-refractivity contribution in [2.24, 2.45) is 0 Å². The molecule has 0 aliphatic carbocycles. The fourth-order valence-corrected chi connectivity index (χ4v) is 2.33. The Hall–Kier alpha value is -1.62. The summed E-state index contributed by atoms with van der Waals surface area (Å²) < 4.78 is 0.724. The first-order valence-corrected chi connectivity index (χ1v) is 6.35. The lowest BCUT2D eigenvalue weighted by molar-refractivity contribution is -0.132. The van der Waals surface area contributed by atoms with E-state index in [1.807, 2.05) is 6.07 Å². The Morgan fingerprint density at radius 3 is 2.67 bits per heavy atom. The van der Waals surface area contributed by atoms with Crippen LogP contribution >= 0.6 is 15.9 Å². The van der Waals surface area contributed by atoms with Gasteiger partial charge in [-0.25, -0.2) is 4.79 Å². The van der Waals surface area contributed by atoms with Gasteiger partial charge in [0.2, 0.25) is 0 Å². The fourth-order valence-electron chi connectivity index (χ4n) is 1.88. The van der Waals surface area contributed by atoms with E-state index in [-0.39, 0.29) is 18.0 Å². The molecule has 1 N–H and O–H groups in total. The molecular weight excluding hydrogens is 298 g/mol. The van der Waals surface area contributed by atoms with Crippen molar-refractivity contribution in [1.29, 1.82) is 0 Å². The maximum Gasteiger partial charge on any atom is 0.333 e. The summed E-state index contributed by atoms with van der Waals surface area (Å²) in [6.07, 6.45) is 2.25. The van der Waals surface area contributed by atoms with Gasteiger partial charge in [0.1, 0.15) is 0 Å². The van der Waals surface area contributed by atoms with E-state index in [1.54, 1.807) is 29.2 Å². The van der Waals surface area contributed by atoms with Crippen molar-refractivity contribution in [1.82, 2.24) is 4.90 Å². The molecule has 1 aromatic carbocycles. The number of aliphatic carboxylic acids is 1. The number of rotatable bonds is 2.